The van der Waals surface area contributed by atoms with E-state index in [9.17, 15) is 5.26 Å². The highest BCUT2D eigenvalue weighted by Gasteiger charge is 2.35. The first-order valence-electron chi connectivity index (χ1n) is 7.54. The number of anilines is 1. The van der Waals surface area contributed by atoms with Crippen molar-refractivity contribution >= 4 is 5.69 Å². The Morgan fingerprint density at radius 2 is 2.29 bits per heavy atom. The Morgan fingerprint density at radius 3 is 2.90 bits per heavy atom. The van der Waals surface area contributed by atoms with Gasteiger partial charge in [0.15, 0.2) is 5.60 Å². The number of rotatable bonds is 6. The molecule has 21 heavy (non-hydrogen) atoms. The van der Waals surface area contributed by atoms with Crippen LogP contribution in [0.5, 0.6) is 0 Å². The highest BCUT2D eigenvalue weighted by atomic mass is 16.6. The third-order valence-electron chi connectivity index (χ3n) is 3.90. The Morgan fingerprint density at radius 1 is 1.48 bits per heavy atom. The van der Waals surface area contributed by atoms with Gasteiger partial charge in [0.25, 0.3) is 0 Å². The van der Waals surface area contributed by atoms with Gasteiger partial charge in [-0.25, -0.2) is 0 Å². The van der Waals surface area contributed by atoms with Crippen molar-refractivity contribution in [2.24, 2.45) is 0 Å². The average Bonchev–Trinajstić information content (AvgIpc) is 2.94. The Bertz CT molecular complexity index is 514. The molecule has 4 heteroatoms. The monoisotopic (exact) mass is 288 g/mol. The van der Waals surface area contributed by atoms with Crippen LogP contribution in [0.25, 0.3) is 0 Å². The molecule has 0 aromatic heterocycles. The number of hydrogen-bond donors (Lipinski definition) is 1. The minimum absolute atomic E-state index is 0.380. The van der Waals surface area contributed by atoms with Gasteiger partial charge in [0.1, 0.15) is 6.07 Å². The van der Waals surface area contributed by atoms with Gasteiger partial charge < -0.3 is 14.8 Å². The minimum atomic E-state index is -0.742. The topological polar surface area (TPSA) is 54.3 Å². The van der Waals surface area contributed by atoms with Crippen LogP contribution in [0.1, 0.15) is 37.3 Å². The van der Waals surface area contributed by atoms with Crippen molar-refractivity contribution in [3.05, 3.63) is 29.3 Å². The van der Waals surface area contributed by atoms with E-state index in [0.717, 1.165) is 0 Å². The van der Waals surface area contributed by atoms with Crippen molar-refractivity contribution in [1.82, 2.24) is 0 Å². The van der Waals surface area contributed by atoms with E-state index in [4.69, 9.17) is 9.47 Å². The highest BCUT2D eigenvalue weighted by molar-refractivity contribution is 5.58. The lowest BCUT2D eigenvalue weighted by molar-refractivity contribution is -0.00315. The van der Waals surface area contributed by atoms with Crippen molar-refractivity contribution < 1.29 is 9.47 Å². The largest absolute Gasteiger partial charge is 0.382 e. The summed E-state index contributed by atoms with van der Waals surface area (Å²) < 4.78 is 11.0. The van der Waals surface area contributed by atoms with E-state index in [-0.39, 0.29) is 0 Å². The van der Waals surface area contributed by atoms with E-state index >= 15 is 0 Å². The molecule has 1 aliphatic rings. The van der Waals surface area contributed by atoms with E-state index in [1.807, 2.05) is 0 Å². The molecular formula is C17H24N2O2. The SMILES string of the molecule is Cc1cccc(C(C)C)c1NCCOC1(C#N)CCOC1. The fourth-order valence-electron chi connectivity index (χ4n) is 2.62. The van der Waals surface area contributed by atoms with E-state index in [1.54, 1.807) is 0 Å². The van der Waals surface area contributed by atoms with Crippen LogP contribution in [0.3, 0.4) is 0 Å². The van der Waals surface area contributed by atoms with Crippen LogP contribution >= 0.6 is 0 Å². The lowest BCUT2D eigenvalue weighted by atomic mass is 9.98. The van der Waals surface area contributed by atoms with E-state index in [2.05, 4.69) is 50.4 Å². The maximum absolute atomic E-state index is 9.22. The summed E-state index contributed by atoms with van der Waals surface area (Å²) in [5.74, 6) is 0.474. The molecule has 1 aromatic carbocycles. The van der Waals surface area contributed by atoms with E-state index in [1.165, 1.54) is 16.8 Å². The molecular weight excluding hydrogens is 264 g/mol. The highest BCUT2D eigenvalue weighted by Crippen LogP contribution is 2.27. The number of nitriles is 1. The van der Waals surface area contributed by atoms with Crippen LogP contribution in [0.2, 0.25) is 0 Å². The molecule has 0 aliphatic carbocycles. The van der Waals surface area contributed by atoms with E-state index in [0.29, 0.717) is 38.7 Å². The van der Waals surface area contributed by atoms with Gasteiger partial charge in [-0.3, -0.25) is 0 Å². The fourth-order valence-corrected chi connectivity index (χ4v) is 2.62. The standard InChI is InChI=1S/C17H24N2O2/c1-13(2)15-6-4-5-14(3)16(15)19-8-10-21-17(11-18)7-9-20-12-17/h4-6,13,19H,7-10,12H2,1-3H3. The van der Waals surface area contributed by atoms with Crippen LogP contribution in [0.15, 0.2) is 18.2 Å². The van der Waals surface area contributed by atoms with Crippen molar-refractivity contribution in [2.45, 2.75) is 38.7 Å². The van der Waals surface area contributed by atoms with Gasteiger partial charge in [-0.15, -0.1) is 0 Å². The maximum atomic E-state index is 9.22. The molecule has 0 amide bonds. The summed E-state index contributed by atoms with van der Waals surface area (Å²) in [7, 11) is 0. The van der Waals surface area contributed by atoms with Gasteiger partial charge >= 0.3 is 0 Å². The molecule has 1 unspecified atom stereocenters. The number of ether oxygens (including phenoxy) is 2. The third-order valence-corrected chi connectivity index (χ3v) is 3.90. The Kier molecular flexibility index (Phi) is 5.22. The summed E-state index contributed by atoms with van der Waals surface area (Å²) in [6.07, 6.45) is 0.658. The number of hydrogen-bond acceptors (Lipinski definition) is 4. The van der Waals surface area contributed by atoms with Crippen molar-refractivity contribution in [1.29, 1.82) is 5.26 Å². The molecule has 0 radical (unpaired) electrons. The van der Waals surface area contributed by atoms with Crippen molar-refractivity contribution in [3.63, 3.8) is 0 Å². The predicted molar refractivity (Wildman–Crippen MR) is 83.5 cm³/mol. The minimum Gasteiger partial charge on any atom is -0.382 e. The van der Waals surface area contributed by atoms with Crippen LogP contribution in [-0.2, 0) is 9.47 Å². The molecule has 2 rings (SSSR count). The number of benzene rings is 1. The number of nitrogens with one attached hydrogen (secondary N) is 1. The zero-order valence-electron chi connectivity index (χ0n) is 13.1. The zero-order chi connectivity index (χ0) is 15.3. The van der Waals surface area contributed by atoms with Gasteiger partial charge in [-0.05, 0) is 24.0 Å². The Balaban J connectivity index is 1.91. The van der Waals surface area contributed by atoms with Gasteiger partial charge in [0.2, 0.25) is 0 Å². The van der Waals surface area contributed by atoms with Gasteiger partial charge in [0.05, 0.1) is 19.8 Å². The molecule has 0 saturated carbocycles. The first-order chi connectivity index (χ1) is 10.1. The molecule has 1 atom stereocenters. The smallest absolute Gasteiger partial charge is 0.179 e. The number of para-hydroxylation sites is 1. The van der Waals surface area contributed by atoms with Crippen LogP contribution in [0.4, 0.5) is 5.69 Å². The van der Waals surface area contributed by atoms with Crippen LogP contribution in [0, 0.1) is 18.3 Å². The number of nitrogens with zero attached hydrogens (tertiary/aromatic N) is 1. The van der Waals surface area contributed by atoms with Gasteiger partial charge in [-0.1, -0.05) is 32.0 Å². The summed E-state index contributed by atoms with van der Waals surface area (Å²) >= 11 is 0. The average molecular weight is 288 g/mol. The molecule has 1 heterocycles. The maximum Gasteiger partial charge on any atom is 0.179 e. The molecule has 1 N–H and O–H groups in total. The summed E-state index contributed by atoms with van der Waals surface area (Å²) in [6, 6.07) is 8.60. The molecule has 0 spiro atoms. The molecule has 1 fully saturated rings. The lowest BCUT2D eigenvalue weighted by Crippen LogP contribution is -2.33. The summed E-state index contributed by atoms with van der Waals surface area (Å²) in [5.41, 5.74) is 2.99. The summed E-state index contributed by atoms with van der Waals surface area (Å²) in [4.78, 5) is 0. The summed E-state index contributed by atoms with van der Waals surface area (Å²) in [5, 5.41) is 12.7. The second kappa shape index (κ2) is 6.93. The normalized spacial score (nSPS) is 21.5. The Hall–Kier alpha value is -1.57. The van der Waals surface area contributed by atoms with E-state index < -0.39 is 5.60 Å². The summed E-state index contributed by atoms with van der Waals surface area (Å²) in [6.45, 7) is 8.67. The van der Waals surface area contributed by atoms with Gasteiger partial charge in [-0.2, -0.15) is 5.26 Å². The zero-order valence-corrected chi connectivity index (χ0v) is 13.1. The van der Waals surface area contributed by atoms with Crippen LogP contribution < -0.4 is 5.32 Å². The second-order valence-electron chi connectivity index (χ2n) is 5.88. The second-order valence-corrected chi connectivity index (χ2v) is 5.88. The van der Waals surface area contributed by atoms with Crippen molar-refractivity contribution in [3.8, 4) is 6.07 Å². The fraction of sp³-hybridized carbons (Fsp3) is 0.588. The van der Waals surface area contributed by atoms with Crippen molar-refractivity contribution in [2.75, 3.05) is 31.7 Å². The molecule has 4 nitrogen and oxygen atoms in total. The predicted octanol–water partition coefficient (Wildman–Crippen LogP) is 3.23. The number of aryl methyl sites for hydroxylation is 1. The van der Waals surface area contributed by atoms with Crippen LogP contribution in [-0.4, -0.2) is 32.0 Å². The quantitative estimate of drug-likeness (QED) is 0.817. The molecule has 1 saturated heterocycles. The first-order valence-corrected chi connectivity index (χ1v) is 7.54. The first kappa shape index (κ1) is 15.8. The lowest BCUT2D eigenvalue weighted by Gasteiger charge is -2.21. The Labute approximate surface area is 127 Å². The molecule has 1 aliphatic heterocycles. The molecule has 114 valence electrons. The molecule has 0 bridgehead atoms. The molecule has 1 aromatic rings. The van der Waals surface area contributed by atoms with Gasteiger partial charge in [0, 0.05) is 18.7 Å². The third kappa shape index (κ3) is 3.75.